The highest BCUT2D eigenvalue weighted by Gasteiger charge is 2.14. The van der Waals surface area contributed by atoms with Gasteiger partial charge in [0.25, 0.3) is 5.91 Å². The molecular formula is C19H23N3O2. The van der Waals surface area contributed by atoms with E-state index in [0.29, 0.717) is 5.75 Å². The Labute approximate surface area is 142 Å². The number of rotatable bonds is 6. The first kappa shape index (κ1) is 17.5. The van der Waals surface area contributed by atoms with Gasteiger partial charge in [-0.2, -0.15) is 5.10 Å². The second kappa shape index (κ2) is 8.15. The van der Waals surface area contributed by atoms with Crippen LogP contribution in [0, 0.1) is 6.92 Å². The molecule has 0 saturated carbocycles. The molecule has 2 rings (SSSR count). The van der Waals surface area contributed by atoms with Crippen molar-refractivity contribution in [2.75, 3.05) is 12.4 Å². The maximum atomic E-state index is 12.2. The summed E-state index contributed by atoms with van der Waals surface area (Å²) in [6, 6.07) is 15.0. The molecular weight excluding hydrogens is 302 g/mol. The fourth-order valence-electron chi connectivity index (χ4n) is 2.16. The number of nitrogens with one attached hydrogen (secondary N) is 2. The Morgan fingerprint density at radius 1 is 1.12 bits per heavy atom. The third kappa shape index (κ3) is 4.59. The molecule has 0 aliphatic heterocycles. The molecule has 5 nitrogen and oxygen atoms in total. The number of methoxy groups -OCH3 is 1. The summed E-state index contributed by atoms with van der Waals surface area (Å²) in [5.41, 5.74) is 6.29. The fourth-order valence-corrected chi connectivity index (χ4v) is 2.16. The maximum absolute atomic E-state index is 12.2. The van der Waals surface area contributed by atoms with Gasteiger partial charge >= 0.3 is 0 Å². The van der Waals surface area contributed by atoms with Crippen LogP contribution in [0.4, 0.5) is 5.69 Å². The highest BCUT2D eigenvalue weighted by atomic mass is 16.5. The van der Waals surface area contributed by atoms with Crippen molar-refractivity contribution in [3.8, 4) is 5.75 Å². The number of hydrogen-bond acceptors (Lipinski definition) is 4. The average molecular weight is 325 g/mol. The Balaban J connectivity index is 1.98. The number of hydrogen-bond donors (Lipinski definition) is 2. The number of benzene rings is 2. The molecule has 0 aliphatic carbocycles. The molecule has 1 atom stereocenters. The van der Waals surface area contributed by atoms with Gasteiger partial charge in [0.15, 0.2) is 0 Å². The lowest BCUT2D eigenvalue weighted by atomic mass is 10.1. The lowest BCUT2D eigenvalue weighted by Crippen LogP contribution is -2.35. The van der Waals surface area contributed by atoms with E-state index in [0.717, 1.165) is 17.0 Å². The number of nitrogens with zero attached hydrogens (tertiary/aromatic N) is 1. The van der Waals surface area contributed by atoms with E-state index in [1.807, 2.05) is 62.4 Å². The van der Waals surface area contributed by atoms with Crippen LogP contribution in [0.15, 0.2) is 53.6 Å². The highest BCUT2D eigenvalue weighted by molar-refractivity contribution is 5.99. The third-order valence-corrected chi connectivity index (χ3v) is 3.68. The van der Waals surface area contributed by atoms with Crippen LogP contribution in [0.25, 0.3) is 0 Å². The summed E-state index contributed by atoms with van der Waals surface area (Å²) in [5.74, 6) is 0.476. The predicted octanol–water partition coefficient (Wildman–Crippen LogP) is 3.34. The summed E-state index contributed by atoms with van der Waals surface area (Å²) in [6.45, 7) is 5.67. The van der Waals surface area contributed by atoms with Crippen LogP contribution in [0.5, 0.6) is 5.75 Å². The third-order valence-electron chi connectivity index (χ3n) is 3.68. The first-order chi connectivity index (χ1) is 11.5. The molecule has 1 amide bonds. The van der Waals surface area contributed by atoms with Crippen LogP contribution in [0.1, 0.15) is 25.0 Å². The zero-order valence-electron chi connectivity index (χ0n) is 14.5. The molecule has 0 heterocycles. The first-order valence-corrected chi connectivity index (χ1v) is 7.82. The van der Waals surface area contributed by atoms with Gasteiger partial charge in [-0.25, -0.2) is 5.43 Å². The van der Waals surface area contributed by atoms with Crippen LogP contribution in [-0.4, -0.2) is 24.8 Å². The van der Waals surface area contributed by atoms with E-state index in [1.54, 1.807) is 14.0 Å². The van der Waals surface area contributed by atoms with Crippen LogP contribution in [0.2, 0.25) is 0 Å². The number of amides is 1. The average Bonchev–Trinajstić information content (AvgIpc) is 2.60. The Morgan fingerprint density at radius 2 is 1.79 bits per heavy atom. The minimum Gasteiger partial charge on any atom is -0.495 e. The van der Waals surface area contributed by atoms with Crippen LogP contribution in [0.3, 0.4) is 0 Å². The van der Waals surface area contributed by atoms with E-state index in [9.17, 15) is 4.79 Å². The van der Waals surface area contributed by atoms with Crippen LogP contribution < -0.4 is 15.5 Å². The smallest absolute Gasteiger partial charge is 0.262 e. The van der Waals surface area contributed by atoms with E-state index in [-0.39, 0.29) is 5.91 Å². The maximum Gasteiger partial charge on any atom is 0.262 e. The first-order valence-electron chi connectivity index (χ1n) is 7.82. The number of carbonyl (C=O) groups excluding carboxylic acids is 1. The van der Waals surface area contributed by atoms with Crippen LogP contribution >= 0.6 is 0 Å². The van der Waals surface area contributed by atoms with Crippen molar-refractivity contribution in [1.82, 2.24) is 5.43 Å². The second-order valence-corrected chi connectivity index (χ2v) is 5.61. The number of para-hydroxylation sites is 2. The molecule has 0 saturated heterocycles. The lowest BCUT2D eigenvalue weighted by molar-refractivity contribution is -0.121. The summed E-state index contributed by atoms with van der Waals surface area (Å²) < 4.78 is 5.27. The number of carbonyl (C=O) groups is 1. The number of hydrazone groups is 1. The normalized spacial score (nSPS) is 12.4. The standard InChI is InChI=1S/C19H23N3O2/c1-13-9-11-16(12-10-13)14(2)21-22-19(23)15(3)20-17-7-5-6-8-18(17)24-4/h5-12,15,20H,1-4H3,(H,22,23)/b21-14-/t15-/m1/s1. The molecule has 0 radical (unpaired) electrons. The number of anilines is 1. The molecule has 0 spiro atoms. The zero-order valence-corrected chi connectivity index (χ0v) is 14.5. The van der Waals surface area contributed by atoms with Crippen molar-refractivity contribution in [1.29, 1.82) is 0 Å². The van der Waals surface area contributed by atoms with E-state index >= 15 is 0 Å². The fraction of sp³-hybridized carbons (Fsp3) is 0.263. The van der Waals surface area contributed by atoms with Gasteiger partial charge in [-0.05, 0) is 38.5 Å². The minimum absolute atomic E-state index is 0.215. The molecule has 0 unspecified atom stereocenters. The highest BCUT2D eigenvalue weighted by Crippen LogP contribution is 2.23. The summed E-state index contributed by atoms with van der Waals surface area (Å²) in [7, 11) is 1.60. The van der Waals surface area contributed by atoms with Gasteiger partial charge in [0, 0.05) is 0 Å². The van der Waals surface area contributed by atoms with Gasteiger partial charge < -0.3 is 10.1 Å². The van der Waals surface area contributed by atoms with E-state index in [4.69, 9.17) is 4.74 Å². The SMILES string of the molecule is COc1ccccc1N[C@H](C)C(=O)N/N=C(/C)c1ccc(C)cc1. The van der Waals surface area contributed by atoms with E-state index < -0.39 is 6.04 Å². The molecule has 0 aromatic heterocycles. The van der Waals surface area contributed by atoms with Gasteiger partial charge in [-0.3, -0.25) is 4.79 Å². The Morgan fingerprint density at radius 3 is 2.46 bits per heavy atom. The topological polar surface area (TPSA) is 62.7 Å². The molecule has 0 fully saturated rings. The van der Waals surface area contributed by atoms with Gasteiger partial charge in [-0.15, -0.1) is 0 Å². The van der Waals surface area contributed by atoms with Gasteiger partial charge in [-0.1, -0.05) is 42.0 Å². The molecule has 0 aliphatic rings. The summed E-state index contributed by atoms with van der Waals surface area (Å²) in [6.07, 6.45) is 0. The van der Waals surface area contributed by atoms with Crippen LogP contribution in [-0.2, 0) is 4.79 Å². The quantitative estimate of drug-likeness (QED) is 0.632. The largest absolute Gasteiger partial charge is 0.495 e. The van der Waals surface area contributed by atoms with Crippen molar-refractivity contribution in [3.63, 3.8) is 0 Å². The molecule has 2 N–H and O–H groups in total. The van der Waals surface area contributed by atoms with Crippen molar-refractivity contribution in [3.05, 3.63) is 59.7 Å². The minimum atomic E-state index is -0.448. The number of aryl methyl sites for hydroxylation is 1. The molecule has 2 aromatic rings. The predicted molar refractivity (Wildman–Crippen MR) is 97.6 cm³/mol. The van der Waals surface area contributed by atoms with Gasteiger partial charge in [0.05, 0.1) is 18.5 Å². The lowest BCUT2D eigenvalue weighted by Gasteiger charge is -2.16. The summed E-state index contributed by atoms with van der Waals surface area (Å²) >= 11 is 0. The Kier molecular flexibility index (Phi) is 5.95. The Bertz CT molecular complexity index is 724. The summed E-state index contributed by atoms with van der Waals surface area (Å²) in [4.78, 5) is 12.2. The van der Waals surface area contributed by atoms with Crippen molar-refractivity contribution < 1.29 is 9.53 Å². The Hall–Kier alpha value is -2.82. The monoisotopic (exact) mass is 325 g/mol. The van der Waals surface area contributed by atoms with E-state index in [1.165, 1.54) is 5.56 Å². The zero-order chi connectivity index (χ0) is 17.5. The molecule has 24 heavy (non-hydrogen) atoms. The van der Waals surface area contributed by atoms with Crippen molar-refractivity contribution in [2.45, 2.75) is 26.8 Å². The van der Waals surface area contributed by atoms with Crippen molar-refractivity contribution in [2.24, 2.45) is 5.10 Å². The number of ether oxygens (including phenoxy) is 1. The molecule has 5 heteroatoms. The van der Waals surface area contributed by atoms with E-state index in [2.05, 4.69) is 15.8 Å². The summed E-state index contributed by atoms with van der Waals surface area (Å²) in [5, 5.41) is 7.30. The second-order valence-electron chi connectivity index (χ2n) is 5.61. The molecule has 126 valence electrons. The van der Waals surface area contributed by atoms with Crippen molar-refractivity contribution >= 4 is 17.3 Å². The van der Waals surface area contributed by atoms with Gasteiger partial charge in [0.1, 0.15) is 11.8 Å². The molecule has 0 bridgehead atoms. The molecule has 2 aromatic carbocycles. The van der Waals surface area contributed by atoms with Gasteiger partial charge in [0.2, 0.25) is 0 Å².